The number of thiazole rings is 1. The summed E-state index contributed by atoms with van der Waals surface area (Å²) < 4.78 is 0. The Hall–Kier alpha value is -1.92. The third-order valence-electron chi connectivity index (χ3n) is 3.19. The highest BCUT2D eigenvalue weighted by molar-refractivity contribution is 7.15. The van der Waals surface area contributed by atoms with Crippen LogP contribution in [0.5, 0.6) is 0 Å². The zero-order chi connectivity index (χ0) is 13.9. The van der Waals surface area contributed by atoms with E-state index in [1.807, 2.05) is 19.1 Å². The lowest BCUT2D eigenvalue weighted by molar-refractivity contribution is 0.262. The molecule has 0 saturated carbocycles. The molecule has 6 heteroatoms. The Morgan fingerprint density at radius 2 is 2.25 bits per heavy atom. The van der Waals surface area contributed by atoms with E-state index in [2.05, 4.69) is 27.0 Å². The molecule has 2 amide bonds. The van der Waals surface area contributed by atoms with Crippen molar-refractivity contribution in [2.45, 2.75) is 19.9 Å². The number of benzene rings is 1. The van der Waals surface area contributed by atoms with Gasteiger partial charge in [0, 0.05) is 23.3 Å². The maximum atomic E-state index is 11.9. The Balaban J connectivity index is 1.66. The largest absolute Gasteiger partial charge is 0.325 e. The second kappa shape index (κ2) is 5.60. The number of aromatic nitrogens is 1. The van der Waals surface area contributed by atoms with Crippen LogP contribution in [0.2, 0.25) is 0 Å². The molecular weight excluding hydrogens is 272 g/mol. The van der Waals surface area contributed by atoms with E-state index in [4.69, 9.17) is 0 Å². The smallest absolute Gasteiger partial charge is 0.312 e. The summed E-state index contributed by atoms with van der Waals surface area (Å²) >= 11 is 1.46. The lowest BCUT2D eigenvalue weighted by Gasteiger charge is -2.18. The summed E-state index contributed by atoms with van der Waals surface area (Å²) in [6, 6.07) is 5.78. The number of urea groups is 1. The summed E-state index contributed by atoms with van der Waals surface area (Å²) in [6.45, 7) is 3.85. The fourth-order valence-corrected chi connectivity index (χ4v) is 2.89. The van der Waals surface area contributed by atoms with E-state index < -0.39 is 0 Å². The van der Waals surface area contributed by atoms with Crippen molar-refractivity contribution in [1.82, 2.24) is 10.3 Å². The highest BCUT2D eigenvalue weighted by Gasteiger charge is 2.10. The molecule has 1 aliphatic rings. The van der Waals surface area contributed by atoms with Gasteiger partial charge in [0.2, 0.25) is 0 Å². The SMILES string of the molecule is Cc1cnc(NC(=O)Nc2ccc3c(c2)CCNC3)s1. The van der Waals surface area contributed by atoms with E-state index in [0.29, 0.717) is 5.13 Å². The van der Waals surface area contributed by atoms with Crippen LogP contribution in [-0.4, -0.2) is 17.6 Å². The molecule has 0 bridgehead atoms. The van der Waals surface area contributed by atoms with E-state index in [1.54, 1.807) is 6.20 Å². The van der Waals surface area contributed by atoms with Gasteiger partial charge in [-0.3, -0.25) is 5.32 Å². The van der Waals surface area contributed by atoms with Crippen molar-refractivity contribution in [1.29, 1.82) is 0 Å². The number of fused-ring (bicyclic) bond motifs is 1. The topological polar surface area (TPSA) is 66.0 Å². The molecule has 0 unspecified atom stereocenters. The first-order chi connectivity index (χ1) is 9.70. The number of hydrogen-bond donors (Lipinski definition) is 3. The summed E-state index contributed by atoms with van der Waals surface area (Å²) in [7, 11) is 0. The molecular formula is C14H16N4OS. The van der Waals surface area contributed by atoms with Gasteiger partial charge in [0.05, 0.1) is 0 Å². The molecule has 20 heavy (non-hydrogen) atoms. The van der Waals surface area contributed by atoms with Gasteiger partial charge in [-0.25, -0.2) is 9.78 Å². The van der Waals surface area contributed by atoms with Crippen molar-refractivity contribution in [2.75, 3.05) is 17.2 Å². The molecule has 1 aliphatic heterocycles. The molecule has 0 aliphatic carbocycles. The molecule has 0 atom stereocenters. The van der Waals surface area contributed by atoms with Crippen LogP contribution in [0.25, 0.3) is 0 Å². The number of aryl methyl sites for hydroxylation is 1. The normalized spacial score (nSPS) is 13.7. The Kier molecular flexibility index (Phi) is 3.66. The Morgan fingerprint density at radius 3 is 3.05 bits per heavy atom. The molecule has 2 aromatic rings. The average Bonchev–Trinajstić information content (AvgIpc) is 2.83. The number of rotatable bonds is 2. The zero-order valence-electron chi connectivity index (χ0n) is 11.2. The molecule has 0 radical (unpaired) electrons. The van der Waals surface area contributed by atoms with Crippen LogP contribution in [0.4, 0.5) is 15.6 Å². The van der Waals surface area contributed by atoms with Gasteiger partial charge in [0.25, 0.3) is 0 Å². The third kappa shape index (κ3) is 2.97. The van der Waals surface area contributed by atoms with Crippen molar-refractivity contribution >= 4 is 28.2 Å². The minimum atomic E-state index is -0.256. The van der Waals surface area contributed by atoms with Gasteiger partial charge in [-0.2, -0.15) is 0 Å². The van der Waals surface area contributed by atoms with E-state index in [9.17, 15) is 4.79 Å². The van der Waals surface area contributed by atoms with Gasteiger partial charge >= 0.3 is 6.03 Å². The van der Waals surface area contributed by atoms with Gasteiger partial charge < -0.3 is 10.6 Å². The van der Waals surface area contributed by atoms with E-state index in [0.717, 1.165) is 30.1 Å². The molecule has 3 N–H and O–H groups in total. The summed E-state index contributed by atoms with van der Waals surface area (Å²) in [4.78, 5) is 17.1. The fourth-order valence-electron chi connectivity index (χ4n) is 2.23. The van der Waals surface area contributed by atoms with Gasteiger partial charge in [0.1, 0.15) is 0 Å². The first-order valence-corrected chi connectivity index (χ1v) is 7.35. The molecule has 3 rings (SSSR count). The second-order valence-corrected chi connectivity index (χ2v) is 6.00. The van der Waals surface area contributed by atoms with Crippen molar-refractivity contribution < 1.29 is 4.79 Å². The highest BCUT2D eigenvalue weighted by atomic mass is 32.1. The summed E-state index contributed by atoms with van der Waals surface area (Å²) in [5.74, 6) is 0. The van der Waals surface area contributed by atoms with E-state index >= 15 is 0 Å². The van der Waals surface area contributed by atoms with Gasteiger partial charge in [-0.1, -0.05) is 6.07 Å². The van der Waals surface area contributed by atoms with Crippen LogP contribution in [0, 0.1) is 6.92 Å². The average molecular weight is 288 g/mol. The van der Waals surface area contributed by atoms with Crippen molar-refractivity contribution in [2.24, 2.45) is 0 Å². The molecule has 2 heterocycles. The number of amides is 2. The molecule has 0 saturated heterocycles. The van der Waals surface area contributed by atoms with Gasteiger partial charge in [-0.15, -0.1) is 11.3 Å². The number of hydrogen-bond acceptors (Lipinski definition) is 4. The minimum Gasteiger partial charge on any atom is -0.312 e. The highest BCUT2D eigenvalue weighted by Crippen LogP contribution is 2.20. The quantitative estimate of drug-likeness (QED) is 0.796. The van der Waals surface area contributed by atoms with Gasteiger partial charge in [-0.05, 0) is 43.1 Å². The Morgan fingerprint density at radius 1 is 1.35 bits per heavy atom. The number of carbonyl (C=O) groups is 1. The molecule has 0 fully saturated rings. The van der Waals surface area contributed by atoms with E-state index in [-0.39, 0.29) is 6.03 Å². The van der Waals surface area contributed by atoms with Crippen LogP contribution >= 0.6 is 11.3 Å². The van der Waals surface area contributed by atoms with Gasteiger partial charge in [0.15, 0.2) is 5.13 Å². The predicted octanol–water partition coefficient (Wildman–Crippen LogP) is 2.74. The van der Waals surface area contributed by atoms with Crippen LogP contribution in [0.15, 0.2) is 24.4 Å². The second-order valence-electron chi connectivity index (χ2n) is 4.77. The Labute approximate surface area is 121 Å². The number of anilines is 2. The monoisotopic (exact) mass is 288 g/mol. The molecule has 104 valence electrons. The maximum absolute atomic E-state index is 11.9. The van der Waals surface area contributed by atoms with Crippen LogP contribution in [0.3, 0.4) is 0 Å². The lowest BCUT2D eigenvalue weighted by atomic mass is 10.0. The van der Waals surface area contributed by atoms with Crippen molar-refractivity contribution in [3.05, 3.63) is 40.4 Å². The number of carbonyl (C=O) groups excluding carboxylic acids is 1. The Bertz CT molecular complexity index is 638. The van der Waals surface area contributed by atoms with E-state index in [1.165, 1.54) is 22.5 Å². The van der Waals surface area contributed by atoms with Crippen molar-refractivity contribution in [3.63, 3.8) is 0 Å². The molecule has 0 spiro atoms. The van der Waals surface area contributed by atoms with Crippen LogP contribution in [0.1, 0.15) is 16.0 Å². The van der Waals surface area contributed by atoms with Crippen LogP contribution < -0.4 is 16.0 Å². The number of nitrogens with zero attached hydrogens (tertiary/aromatic N) is 1. The minimum absolute atomic E-state index is 0.256. The lowest BCUT2D eigenvalue weighted by Crippen LogP contribution is -2.24. The molecule has 5 nitrogen and oxygen atoms in total. The zero-order valence-corrected chi connectivity index (χ0v) is 12.0. The van der Waals surface area contributed by atoms with Crippen molar-refractivity contribution in [3.8, 4) is 0 Å². The fraction of sp³-hybridized carbons (Fsp3) is 0.286. The summed E-state index contributed by atoms with van der Waals surface area (Å²) in [5.41, 5.74) is 3.42. The summed E-state index contributed by atoms with van der Waals surface area (Å²) in [5, 5.41) is 9.52. The van der Waals surface area contributed by atoms with Crippen LogP contribution in [-0.2, 0) is 13.0 Å². The third-order valence-corrected chi connectivity index (χ3v) is 4.02. The first kappa shape index (κ1) is 13.1. The number of nitrogens with one attached hydrogen (secondary N) is 3. The maximum Gasteiger partial charge on any atom is 0.325 e. The predicted molar refractivity (Wildman–Crippen MR) is 81.3 cm³/mol. The molecule has 1 aromatic carbocycles. The molecule has 1 aromatic heterocycles. The standard InChI is InChI=1S/C14H16N4OS/c1-9-7-16-14(20-9)18-13(19)17-12-3-2-11-8-15-5-4-10(11)6-12/h2-3,6-7,15H,4-5,8H2,1H3,(H2,16,17,18,19). The first-order valence-electron chi connectivity index (χ1n) is 6.54. The summed E-state index contributed by atoms with van der Waals surface area (Å²) in [6.07, 6.45) is 2.74.